The summed E-state index contributed by atoms with van der Waals surface area (Å²) in [6, 6.07) is 17.6. The number of sulfonamides is 1. The zero-order valence-corrected chi connectivity index (χ0v) is 22.0. The Labute approximate surface area is 220 Å². The molecule has 196 valence electrons. The molecule has 1 unspecified atom stereocenters. The van der Waals surface area contributed by atoms with Gasteiger partial charge >= 0.3 is 0 Å². The molecule has 0 radical (unpaired) electrons. The number of hydrogen-bond acceptors (Lipinski definition) is 6. The van der Waals surface area contributed by atoms with E-state index < -0.39 is 37.6 Å². The molecule has 0 bridgehead atoms. The van der Waals surface area contributed by atoms with E-state index in [9.17, 15) is 21.6 Å². The van der Waals surface area contributed by atoms with E-state index in [1.165, 1.54) is 35.4 Å². The second-order valence-electron chi connectivity index (χ2n) is 9.07. The van der Waals surface area contributed by atoms with E-state index in [4.69, 9.17) is 0 Å². The predicted octanol–water partition coefficient (Wildman–Crippen LogP) is 3.92. The monoisotopic (exact) mass is 553 g/mol. The largest absolute Gasteiger partial charge is 0.308 e. The molecule has 4 aromatic rings. The van der Waals surface area contributed by atoms with Crippen LogP contribution in [0.5, 0.6) is 0 Å². The zero-order chi connectivity index (χ0) is 27.1. The van der Waals surface area contributed by atoms with Gasteiger partial charge in [0.15, 0.2) is 9.84 Å². The Morgan fingerprint density at radius 1 is 0.947 bits per heavy atom. The Balaban J connectivity index is 1.43. The summed E-state index contributed by atoms with van der Waals surface area (Å²) in [5.74, 6) is -1.29. The van der Waals surface area contributed by atoms with Crippen LogP contribution in [0.15, 0.2) is 88.8 Å². The number of carbonyl (C=O) groups excluding carboxylic acids is 1. The number of nitrogens with one attached hydrogen (secondary N) is 1. The molecule has 1 amide bonds. The number of carbonyl (C=O) groups is 1. The normalized spacial score (nSPS) is 16.6. The average Bonchev–Trinajstić information content (AvgIpc) is 2.89. The number of nitrogens with zero attached hydrogens (tertiary/aromatic N) is 2. The molecule has 38 heavy (non-hydrogen) atoms. The minimum absolute atomic E-state index is 0.00804. The summed E-state index contributed by atoms with van der Waals surface area (Å²) < 4.78 is 68.7. The number of benzene rings is 3. The summed E-state index contributed by atoms with van der Waals surface area (Å²) in [4.78, 5) is 18.8. The number of anilines is 1. The highest BCUT2D eigenvalue weighted by Crippen LogP contribution is 2.32. The SMILES string of the molecule is CS(=O)(=O)c1ccccc1-c1ccc(N2CCCC(NS(=O)(=O)c3cccc4cccnc34)C2=O)c(F)c1. The van der Waals surface area contributed by atoms with Crippen LogP contribution in [0.2, 0.25) is 0 Å². The van der Waals surface area contributed by atoms with Gasteiger partial charge in [0.25, 0.3) is 0 Å². The molecule has 1 atom stereocenters. The lowest BCUT2D eigenvalue weighted by atomic mass is 10.0. The molecule has 8 nitrogen and oxygen atoms in total. The molecule has 3 aromatic carbocycles. The fraction of sp³-hybridized carbons (Fsp3) is 0.185. The van der Waals surface area contributed by atoms with Gasteiger partial charge in [0.05, 0.1) is 16.1 Å². The molecule has 0 aliphatic carbocycles. The number of pyridine rings is 1. The van der Waals surface area contributed by atoms with E-state index in [2.05, 4.69) is 9.71 Å². The van der Waals surface area contributed by atoms with Gasteiger partial charge in [0.2, 0.25) is 15.9 Å². The van der Waals surface area contributed by atoms with Crippen LogP contribution < -0.4 is 9.62 Å². The van der Waals surface area contributed by atoms with Gasteiger partial charge in [-0.3, -0.25) is 9.78 Å². The maximum atomic E-state index is 15.3. The third-order valence-electron chi connectivity index (χ3n) is 6.46. The first-order valence-corrected chi connectivity index (χ1v) is 15.2. The van der Waals surface area contributed by atoms with Crippen LogP contribution in [-0.2, 0) is 24.7 Å². The lowest BCUT2D eigenvalue weighted by Gasteiger charge is -2.33. The summed E-state index contributed by atoms with van der Waals surface area (Å²) in [6.07, 6.45) is 3.28. The van der Waals surface area contributed by atoms with Gasteiger partial charge in [-0.05, 0) is 48.7 Å². The maximum absolute atomic E-state index is 15.3. The Bertz CT molecular complexity index is 1770. The molecule has 0 spiro atoms. The van der Waals surface area contributed by atoms with Crippen molar-refractivity contribution in [2.24, 2.45) is 0 Å². The number of piperidine rings is 1. The van der Waals surface area contributed by atoms with Crippen molar-refractivity contribution in [3.05, 3.63) is 84.8 Å². The van der Waals surface area contributed by atoms with E-state index in [-0.39, 0.29) is 28.4 Å². The van der Waals surface area contributed by atoms with Crippen LogP contribution in [0.4, 0.5) is 10.1 Å². The molecular weight excluding hydrogens is 529 g/mol. The van der Waals surface area contributed by atoms with E-state index in [0.29, 0.717) is 28.5 Å². The summed E-state index contributed by atoms with van der Waals surface area (Å²) in [5, 5.41) is 0.645. The molecule has 0 saturated carbocycles. The van der Waals surface area contributed by atoms with Gasteiger partial charge in [-0.25, -0.2) is 21.2 Å². The first-order chi connectivity index (χ1) is 18.1. The zero-order valence-electron chi connectivity index (χ0n) is 20.3. The number of halogens is 1. The van der Waals surface area contributed by atoms with E-state index in [1.54, 1.807) is 48.5 Å². The van der Waals surface area contributed by atoms with E-state index >= 15 is 4.39 Å². The van der Waals surface area contributed by atoms with Gasteiger partial charge in [0, 0.05) is 29.9 Å². The van der Waals surface area contributed by atoms with Crippen molar-refractivity contribution < 1.29 is 26.0 Å². The maximum Gasteiger partial charge on any atom is 0.245 e. The van der Waals surface area contributed by atoms with Gasteiger partial charge in [0.1, 0.15) is 16.8 Å². The number of para-hydroxylation sites is 1. The Hall–Kier alpha value is -3.67. The standard InChI is InChI=1S/C27H24FN3O5S2/c1-37(33,34)24-11-3-2-9-20(24)19-13-14-23(21(28)17-19)31-16-6-10-22(27(31)32)30-38(35,36)25-12-4-7-18-8-5-15-29-26(18)25/h2-5,7-9,11-15,17,22,30H,6,10,16H2,1H3. The molecule has 1 fully saturated rings. The number of amides is 1. The highest BCUT2D eigenvalue weighted by Gasteiger charge is 2.35. The molecule has 1 N–H and O–H groups in total. The van der Waals surface area contributed by atoms with E-state index in [0.717, 1.165) is 6.26 Å². The van der Waals surface area contributed by atoms with Crippen molar-refractivity contribution in [3.8, 4) is 11.1 Å². The van der Waals surface area contributed by atoms with Gasteiger partial charge in [-0.15, -0.1) is 0 Å². The van der Waals surface area contributed by atoms with Crippen molar-refractivity contribution in [2.75, 3.05) is 17.7 Å². The predicted molar refractivity (Wildman–Crippen MR) is 142 cm³/mol. The Morgan fingerprint density at radius 2 is 1.68 bits per heavy atom. The van der Waals surface area contributed by atoms with E-state index in [1.807, 2.05) is 0 Å². The minimum Gasteiger partial charge on any atom is -0.308 e. The van der Waals surface area contributed by atoms with Gasteiger partial charge in [-0.2, -0.15) is 4.72 Å². The van der Waals surface area contributed by atoms with Crippen LogP contribution >= 0.6 is 0 Å². The molecule has 2 heterocycles. The van der Waals surface area contributed by atoms with Gasteiger partial charge < -0.3 is 4.90 Å². The second kappa shape index (κ2) is 9.90. The van der Waals surface area contributed by atoms with Crippen LogP contribution in [0.3, 0.4) is 0 Å². The molecule has 1 saturated heterocycles. The fourth-order valence-electron chi connectivity index (χ4n) is 4.69. The van der Waals surface area contributed by atoms with Crippen LogP contribution in [0, 0.1) is 5.82 Å². The summed E-state index contributed by atoms with van der Waals surface area (Å²) in [7, 11) is -7.66. The summed E-state index contributed by atoms with van der Waals surface area (Å²) in [5.41, 5.74) is 0.974. The number of rotatable bonds is 6. The van der Waals surface area contributed by atoms with Crippen molar-refractivity contribution in [1.29, 1.82) is 0 Å². The number of fused-ring (bicyclic) bond motifs is 1. The number of aromatic nitrogens is 1. The first kappa shape index (κ1) is 26.0. The molecule has 11 heteroatoms. The third-order valence-corrected chi connectivity index (χ3v) is 9.12. The molecule has 1 aliphatic heterocycles. The van der Waals surface area contributed by atoms with Crippen molar-refractivity contribution in [2.45, 2.75) is 28.7 Å². The third kappa shape index (κ3) is 4.92. The lowest BCUT2D eigenvalue weighted by Crippen LogP contribution is -2.52. The quantitative estimate of drug-likeness (QED) is 0.387. The Morgan fingerprint density at radius 3 is 2.45 bits per heavy atom. The summed E-state index contributed by atoms with van der Waals surface area (Å²) in [6.45, 7) is 0.211. The molecule has 1 aliphatic rings. The fourth-order valence-corrected chi connectivity index (χ4v) is 7.00. The number of sulfone groups is 1. The van der Waals surface area contributed by atoms with Crippen molar-refractivity contribution in [1.82, 2.24) is 9.71 Å². The van der Waals surface area contributed by atoms with Crippen molar-refractivity contribution in [3.63, 3.8) is 0 Å². The molecule has 1 aromatic heterocycles. The van der Waals surface area contributed by atoms with Crippen LogP contribution in [0.1, 0.15) is 12.8 Å². The highest BCUT2D eigenvalue weighted by molar-refractivity contribution is 7.91. The smallest absolute Gasteiger partial charge is 0.245 e. The van der Waals surface area contributed by atoms with Crippen LogP contribution in [-0.4, -0.2) is 46.6 Å². The topological polar surface area (TPSA) is 114 Å². The average molecular weight is 554 g/mol. The molecular formula is C27H24FN3O5S2. The first-order valence-electron chi connectivity index (χ1n) is 11.8. The molecule has 5 rings (SSSR count). The highest BCUT2D eigenvalue weighted by atomic mass is 32.2. The second-order valence-corrected chi connectivity index (χ2v) is 12.7. The Kier molecular flexibility index (Phi) is 6.76. The van der Waals surface area contributed by atoms with Gasteiger partial charge in [-0.1, -0.05) is 42.5 Å². The lowest BCUT2D eigenvalue weighted by molar-refractivity contribution is -0.121. The summed E-state index contributed by atoms with van der Waals surface area (Å²) >= 11 is 0. The minimum atomic E-state index is -4.11. The van der Waals surface area contributed by atoms with Crippen LogP contribution in [0.25, 0.3) is 22.0 Å². The van der Waals surface area contributed by atoms with Crippen molar-refractivity contribution >= 4 is 42.4 Å². The number of hydrogen-bond donors (Lipinski definition) is 1.